The Morgan fingerprint density at radius 3 is 2.35 bits per heavy atom. The third kappa shape index (κ3) is 3.99. The topological polar surface area (TPSA) is 15.8 Å². The van der Waals surface area contributed by atoms with Gasteiger partial charge in [0.15, 0.2) is 0 Å². The van der Waals surface area contributed by atoms with Crippen LogP contribution in [0.3, 0.4) is 0 Å². The average Bonchev–Trinajstić information content (AvgIpc) is 3.14. The lowest BCUT2D eigenvalue weighted by molar-refractivity contribution is 0.590. The largest absolute Gasteiger partial charge is 0.357 e. The molecule has 2 heteroatoms. The van der Waals surface area contributed by atoms with E-state index in [1.165, 1.54) is 55.5 Å². The van der Waals surface area contributed by atoms with Gasteiger partial charge in [-0.25, -0.2) is 0 Å². The van der Waals surface area contributed by atoms with Crippen LogP contribution in [-0.4, -0.2) is 4.98 Å². The van der Waals surface area contributed by atoms with E-state index in [9.17, 15) is 0 Å². The smallest absolute Gasteiger partial charge is 0.0607 e. The maximum atomic E-state index is 3.75. The summed E-state index contributed by atoms with van der Waals surface area (Å²) in [5, 5.41) is 1.33. The van der Waals surface area contributed by atoms with Crippen LogP contribution in [-0.2, 0) is 18.3 Å². The van der Waals surface area contributed by atoms with E-state index >= 15 is 0 Å². The molecule has 0 aliphatic heterocycles. The van der Waals surface area contributed by atoms with Crippen molar-refractivity contribution in [1.29, 1.82) is 0 Å². The Morgan fingerprint density at radius 1 is 0.871 bits per heavy atom. The lowest BCUT2D eigenvalue weighted by Gasteiger charge is -2.21. The fourth-order valence-electron chi connectivity index (χ4n) is 4.59. The van der Waals surface area contributed by atoms with E-state index in [0.717, 1.165) is 17.3 Å². The second kappa shape index (κ2) is 8.31. The summed E-state index contributed by atoms with van der Waals surface area (Å²) in [6.45, 7) is 13.0. The van der Waals surface area contributed by atoms with Crippen molar-refractivity contribution in [2.24, 2.45) is 0 Å². The third-order valence-electron chi connectivity index (χ3n) is 6.16. The normalized spacial score (nSPS) is 12.7. The molecule has 0 saturated heterocycles. The Balaban J connectivity index is 0.00000112. The Hall–Kier alpha value is -2.32. The van der Waals surface area contributed by atoms with Crippen molar-refractivity contribution in [3.8, 4) is 22.3 Å². The molecule has 1 nitrogen and oxygen atoms in total. The molecule has 0 unspecified atom stereocenters. The first-order valence-corrected chi connectivity index (χ1v) is 12.2. The summed E-state index contributed by atoms with van der Waals surface area (Å²) < 4.78 is 1.15. The second-order valence-corrected chi connectivity index (χ2v) is 10.2. The van der Waals surface area contributed by atoms with Crippen LogP contribution in [0.25, 0.3) is 33.2 Å². The molecule has 1 aliphatic carbocycles. The maximum absolute atomic E-state index is 3.75. The molecular weight excluding hydrogens is 442 g/mol. The summed E-state index contributed by atoms with van der Waals surface area (Å²) in [6, 6.07) is 20.5. The van der Waals surface area contributed by atoms with E-state index in [4.69, 9.17) is 0 Å². The third-order valence-corrected chi connectivity index (χ3v) is 6.79. The highest BCUT2D eigenvalue weighted by molar-refractivity contribution is 9.10. The van der Waals surface area contributed by atoms with Gasteiger partial charge in [0.05, 0.1) is 5.52 Å². The molecule has 0 radical (unpaired) electrons. The van der Waals surface area contributed by atoms with Crippen LogP contribution in [0.5, 0.6) is 0 Å². The monoisotopic (exact) mass is 473 g/mol. The number of aryl methyl sites for hydroxylation is 3. The van der Waals surface area contributed by atoms with Gasteiger partial charge < -0.3 is 4.98 Å². The van der Waals surface area contributed by atoms with Gasteiger partial charge >= 0.3 is 0 Å². The van der Waals surface area contributed by atoms with Gasteiger partial charge in [-0.15, -0.1) is 0 Å². The van der Waals surface area contributed by atoms with Gasteiger partial charge in [0.25, 0.3) is 0 Å². The van der Waals surface area contributed by atoms with Crippen LogP contribution >= 0.6 is 15.9 Å². The van der Waals surface area contributed by atoms with Gasteiger partial charge in [-0.1, -0.05) is 77.1 Å². The zero-order chi connectivity index (χ0) is 22.3. The van der Waals surface area contributed by atoms with Crippen LogP contribution in [0.4, 0.5) is 0 Å². The van der Waals surface area contributed by atoms with Crippen molar-refractivity contribution < 1.29 is 0 Å². The van der Waals surface area contributed by atoms with E-state index in [0.29, 0.717) is 0 Å². The first kappa shape index (κ1) is 21.9. The minimum Gasteiger partial charge on any atom is -0.357 e. The number of rotatable bonds is 1. The van der Waals surface area contributed by atoms with Crippen molar-refractivity contribution in [2.45, 2.75) is 59.8 Å². The molecular formula is C29H32BrN. The molecule has 1 aromatic heterocycles. The van der Waals surface area contributed by atoms with Gasteiger partial charge in [-0.2, -0.15) is 0 Å². The molecule has 0 saturated carbocycles. The molecule has 1 N–H and O–H groups in total. The quantitative estimate of drug-likeness (QED) is 0.283. The van der Waals surface area contributed by atoms with E-state index in [1.54, 1.807) is 0 Å². The number of aromatic nitrogens is 1. The molecule has 1 aliphatic rings. The fourth-order valence-corrected chi connectivity index (χ4v) is 5.26. The lowest BCUT2D eigenvalue weighted by Crippen LogP contribution is -2.10. The van der Waals surface area contributed by atoms with Crippen molar-refractivity contribution in [2.75, 3.05) is 0 Å². The van der Waals surface area contributed by atoms with Crippen LogP contribution in [0, 0.1) is 6.92 Å². The van der Waals surface area contributed by atoms with Gasteiger partial charge in [0, 0.05) is 21.1 Å². The van der Waals surface area contributed by atoms with Crippen molar-refractivity contribution >= 4 is 26.8 Å². The van der Waals surface area contributed by atoms with E-state index < -0.39 is 0 Å². The summed E-state index contributed by atoms with van der Waals surface area (Å²) in [6.07, 6.45) is 2.15. The zero-order valence-corrected chi connectivity index (χ0v) is 21.1. The summed E-state index contributed by atoms with van der Waals surface area (Å²) in [5.41, 5.74) is 12.3. The highest BCUT2D eigenvalue weighted by Gasteiger charge is 2.22. The molecule has 0 bridgehead atoms. The average molecular weight is 474 g/mol. The molecule has 0 atom stereocenters. The number of nitrogens with one attached hydrogen (secondary N) is 1. The SMILES string of the molecule is CC.Cc1cc(Br)c2[nH]c3c(c2c1)-c1ccc(-c2cccc(C(C)(C)C)c2)cc1CC3. The lowest BCUT2D eigenvalue weighted by atomic mass is 9.83. The minimum atomic E-state index is 0.161. The number of aromatic amines is 1. The highest BCUT2D eigenvalue weighted by Crippen LogP contribution is 2.42. The van der Waals surface area contributed by atoms with Gasteiger partial charge in [-0.05, 0) is 86.6 Å². The summed E-state index contributed by atoms with van der Waals surface area (Å²) in [7, 11) is 0. The minimum absolute atomic E-state index is 0.161. The van der Waals surface area contributed by atoms with Crippen molar-refractivity contribution in [3.63, 3.8) is 0 Å². The summed E-state index contributed by atoms with van der Waals surface area (Å²) in [4.78, 5) is 3.68. The Kier molecular flexibility index (Phi) is 5.87. The predicted molar refractivity (Wildman–Crippen MR) is 139 cm³/mol. The Bertz CT molecular complexity index is 1250. The van der Waals surface area contributed by atoms with Gasteiger partial charge in [0.2, 0.25) is 0 Å². The number of hydrogen-bond acceptors (Lipinski definition) is 0. The second-order valence-electron chi connectivity index (χ2n) is 9.35. The number of halogens is 1. The van der Waals surface area contributed by atoms with Crippen LogP contribution in [0.15, 0.2) is 59.1 Å². The molecule has 31 heavy (non-hydrogen) atoms. The van der Waals surface area contributed by atoms with Crippen molar-refractivity contribution in [1.82, 2.24) is 4.98 Å². The van der Waals surface area contributed by atoms with Gasteiger partial charge in [-0.3, -0.25) is 0 Å². The molecule has 160 valence electrons. The molecule has 0 amide bonds. The molecule has 0 spiro atoms. The molecule has 5 rings (SSSR count). The molecule has 0 fully saturated rings. The first-order valence-electron chi connectivity index (χ1n) is 11.4. The fraction of sp³-hybridized carbons (Fsp3) is 0.310. The Labute approximate surface area is 195 Å². The number of hydrogen-bond donors (Lipinski definition) is 1. The Morgan fingerprint density at radius 2 is 1.61 bits per heavy atom. The van der Waals surface area contributed by atoms with E-state index in [1.807, 2.05) is 13.8 Å². The maximum Gasteiger partial charge on any atom is 0.0607 e. The summed E-state index contributed by atoms with van der Waals surface area (Å²) in [5.74, 6) is 0. The van der Waals surface area contributed by atoms with Crippen molar-refractivity contribution in [3.05, 3.63) is 81.5 Å². The van der Waals surface area contributed by atoms with Gasteiger partial charge in [0.1, 0.15) is 0 Å². The molecule has 4 aromatic rings. The standard InChI is InChI=1S/C27H26BrN.C2H6/c1-16-12-22-25-21-10-8-18(17-6-5-7-20(15-17)27(2,3)4)14-19(21)9-11-24(25)29-26(22)23(28)13-16;1-2/h5-8,10,12-15,29H,9,11H2,1-4H3;1-2H3. The predicted octanol–water partition coefficient (Wildman–Crippen LogP) is 9.00. The number of benzene rings is 3. The van der Waals surface area contributed by atoms with E-state index in [2.05, 4.69) is 103 Å². The zero-order valence-electron chi connectivity index (χ0n) is 19.5. The molecule has 1 heterocycles. The summed E-state index contributed by atoms with van der Waals surface area (Å²) >= 11 is 3.75. The first-order chi connectivity index (χ1) is 14.8. The van der Waals surface area contributed by atoms with Crippen LogP contribution < -0.4 is 0 Å². The van der Waals surface area contributed by atoms with Crippen LogP contribution in [0.1, 0.15) is 57.0 Å². The van der Waals surface area contributed by atoms with E-state index in [-0.39, 0.29) is 5.41 Å². The number of fused-ring (bicyclic) bond motifs is 5. The molecule has 3 aromatic carbocycles. The van der Waals surface area contributed by atoms with Crippen LogP contribution in [0.2, 0.25) is 0 Å². The highest BCUT2D eigenvalue weighted by atomic mass is 79.9. The number of H-pyrrole nitrogens is 1.